The number of hydrogen-bond donors (Lipinski definition) is 0. The molecule has 0 bridgehead atoms. The van der Waals surface area contributed by atoms with Crippen LogP contribution in [0.15, 0.2) is 18.2 Å². The van der Waals surface area contributed by atoms with Crippen molar-refractivity contribution in [2.24, 2.45) is 5.92 Å². The van der Waals surface area contributed by atoms with E-state index in [9.17, 15) is 9.59 Å². The molecule has 0 saturated carbocycles. The van der Waals surface area contributed by atoms with E-state index in [2.05, 4.69) is 0 Å². The van der Waals surface area contributed by atoms with Crippen LogP contribution in [-0.4, -0.2) is 12.1 Å². The summed E-state index contributed by atoms with van der Waals surface area (Å²) in [6.45, 7) is 6.06. The summed E-state index contributed by atoms with van der Waals surface area (Å²) in [4.78, 5) is 22.9. The number of rotatable bonds is 2. The van der Waals surface area contributed by atoms with E-state index in [1.165, 1.54) is 0 Å². The largest absolute Gasteiger partial charge is 0.303 e. The van der Waals surface area contributed by atoms with Gasteiger partial charge in [0.15, 0.2) is 5.78 Å². The number of fused-ring (bicyclic) bond motifs is 1. The van der Waals surface area contributed by atoms with Gasteiger partial charge < -0.3 is 4.79 Å². The number of hydrogen-bond acceptors (Lipinski definition) is 2. The fourth-order valence-corrected chi connectivity index (χ4v) is 2.62. The van der Waals surface area contributed by atoms with Gasteiger partial charge in [-0.1, -0.05) is 31.5 Å². The van der Waals surface area contributed by atoms with E-state index in [-0.39, 0.29) is 17.1 Å². The molecule has 1 aliphatic carbocycles. The van der Waals surface area contributed by atoms with Crippen molar-refractivity contribution in [3.8, 4) is 0 Å². The van der Waals surface area contributed by atoms with Gasteiger partial charge in [0.2, 0.25) is 0 Å². The number of aldehydes is 1. The van der Waals surface area contributed by atoms with Gasteiger partial charge in [0.25, 0.3) is 0 Å². The summed E-state index contributed by atoms with van der Waals surface area (Å²) in [6.07, 6.45) is 1.17. The van der Waals surface area contributed by atoms with Crippen LogP contribution in [0.2, 0.25) is 0 Å². The molecule has 0 spiro atoms. The Morgan fingerprint density at radius 3 is 2.69 bits per heavy atom. The Morgan fingerprint density at radius 1 is 1.38 bits per heavy atom. The summed E-state index contributed by atoms with van der Waals surface area (Å²) in [5.41, 5.74) is 2.75. The molecule has 84 valence electrons. The fourth-order valence-electron chi connectivity index (χ4n) is 2.62. The van der Waals surface area contributed by atoms with E-state index in [1.807, 2.05) is 39.0 Å². The molecule has 0 N–H and O–H groups in total. The molecule has 1 atom stereocenters. The first-order chi connectivity index (χ1) is 7.48. The molecular weight excluding hydrogens is 200 g/mol. The quantitative estimate of drug-likeness (QED) is 0.712. The first-order valence-electron chi connectivity index (χ1n) is 5.57. The maximum absolute atomic E-state index is 12.2. The van der Waals surface area contributed by atoms with Crippen LogP contribution in [0.25, 0.3) is 0 Å². The van der Waals surface area contributed by atoms with Gasteiger partial charge in [0, 0.05) is 23.3 Å². The lowest BCUT2D eigenvalue weighted by Crippen LogP contribution is -2.27. The van der Waals surface area contributed by atoms with Crippen LogP contribution in [0.4, 0.5) is 0 Å². The van der Waals surface area contributed by atoms with Gasteiger partial charge >= 0.3 is 0 Å². The van der Waals surface area contributed by atoms with Gasteiger partial charge in [-0.3, -0.25) is 4.79 Å². The van der Waals surface area contributed by atoms with Crippen molar-refractivity contribution in [2.75, 3.05) is 0 Å². The summed E-state index contributed by atoms with van der Waals surface area (Å²) >= 11 is 0. The van der Waals surface area contributed by atoms with Crippen LogP contribution in [0.5, 0.6) is 0 Å². The zero-order valence-electron chi connectivity index (χ0n) is 9.91. The predicted octanol–water partition coefficient (Wildman–Crippen LogP) is 2.67. The number of ketones is 1. The summed E-state index contributed by atoms with van der Waals surface area (Å²) in [5.74, 6) is -0.0717. The summed E-state index contributed by atoms with van der Waals surface area (Å²) in [5, 5.41) is 0. The Morgan fingerprint density at radius 2 is 2.06 bits per heavy atom. The van der Waals surface area contributed by atoms with Crippen molar-refractivity contribution in [1.82, 2.24) is 0 Å². The molecule has 0 aromatic heterocycles. The molecule has 0 amide bonds. The zero-order chi connectivity index (χ0) is 11.9. The molecule has 0 unspecified atom stereocenters. The molecule has 2 rings (SSSR count). The molecule has 16 heavy (non-hydrogen) atoms. The number of carbonyl (C=O) groups excluding carboxylic acids is 2. The van der Waals surface area contributed by atoms with Crippen molar-refractivity contribution in [1.29, 1.82) is 0 Å². The molecule has 1 aromatic carbocycles. The average Bonchev–Trinajstić information content (AvgIpc) is 2.40. The molecule has 1 aliphatic rings. The number of Topliss-reactive ketones (excluding diaryl/α,β-unsaturated/α-hetero) is 1. The third-order valence-corrected chi connectivity index (χ3v) is 3.65. The highest BCUT2D eigenvalue weighted by molar-refractivity contribution is 6.04. The van der Waals surface area contributed by atoms with Crippen molar-refractivity contribution in [2.45, 2.75) is 32.6 Å². The van der Waals surface area contributed by atoms with E-state index in [4.69, 9.17) is 0 Å². The standard InChI is InChI=1S/C14H16O2/c1-9-4-5-11-10(8-9)13(16)12(6-7-15)14(11,2)3/h4-5,7-8,12H,6H2,1-3H3/t12-/m0/s1. The second kappa shape index (κ2) is 3.55. The van der Waals surface area contributed by atoms with E-state index in [0.717, 1.165) is 23.0 Å². The molecular formula is C14H16O2. The van der Waals surface area contributed by atoms with Gasteiger partial charge in [-0.25, -0.2) is 0 Å². The van der Waals surface area contributed by atoms with Crippen LogP contribution in [-0.2, 0) is 10.2 Å². The van der Waals surface area contributed by atoms with Crippen molar-refractivity contribution < 1.29 is 9.59 Å². The second-order valence-corrected chi connectivity index (χ2v) is 5.09. The van der Waals surface area contributed by atoms with Gasteiger partial charge in [-0.15, -0.1) is 0 Å². The maximum Gasteiger partial charge on any atom is 0.167 e. The lowest BCUT2D eigenvalue weighted by Gasteiger charge is -2.25. The van der Waals surface area contributed by atoms with Crippen LogP contribution in [0.3, 0.4) is 0 Å². The van der Waals surface area contributed by atoms with Gasteiger partial charge in [-0.2, -0.15) is 0 Å². The summed E-state index contributed by atoms with van der Waals surface area (Å²) in [6, 6.07) is 5.98. The van der Waals surface area contributed by atoms with Crippen molar-refractivity contribution in [3.05, 3.63) is 34.9 Å². The highest BCUT2D eigenvalue weighted by atomic mass is 16.1. The lowest BCUT2D eigenvalue weighted by molar-refractivity contribution is -0.108. The molecule has 2 nitrogen and oxygen atoms in total. The zero-order valence-corrected chi connectivity index (χ0v) is 9.91. The lowest BCUT2D eigenvalue weighted by atomic mass is 9.77. The van der Waals surface area contributed by atoms with E-state index in [1.54, 1.807) is 0 Å². The molecule has 0 saturated heterocycles. The number of aryl methyl sites for hydroxylation is 1. The fraction of sp³-hybridized carbons (Fsp3) is 0.429. The van der Waals surface area contributed by atoms with E-state index in [0.29, 0.717) is 6.42 Å². The third kappa shape index (κ3) is 1.41. The molecule has 0 heterocycles. The predicted molar refractivity (Wildman–Crippen MR) is 62.7 cm³/mol. The maximum atomic E-state index is 12.2. The normalized spacial score (nSPS) is 21.9. The second-order valence-electron chi connectivity index (χ2n) is 5.09. The van der Waals surface area contributed by atoms with Crippen molar-refractivity contribution >= 4 is 12.1 Å². The average molecular weight is 216 g/mol. The first kappa shape index (κ1) is 11.1. The Balaban J connectivity index is 2.56. The Kier molecular flexibility index (Phi) is 2.45. The van der Waals surface area contributed by atoms with Gasteiger partial charge in [-0.05, 0) is 18.6 Å². The first-order valence-corrected chi connectivity index (χ1v) is 5.57. The molecule has 0 fully saturated rings. The number of carbonyl (C=O) groups is 2. The minimum Gasteiger partial charge on any atom is -0.303 e. The van der Waals surface area contributed by atoms with Gasteiger partial charge in [0.05, 0.1) is 0 Å². The third-order valence-electron chi connectivity index (χ3n) is 3.65. The highest BCUT2D eigenvalue weighted by Gasteiger charge is 2.45. The van der Waals surface area contributed by atoms with Crippen LogP contribution < -0.4 is 0 Å². The summed E-state index contributed by atoms with van der Waals surface area (Å²) in [7, 11) is 0. The number of benzene rings is 1. The Bertz CT molecular complexity index is 458. The Labute approximate surface area is 95.7 Å². The minimum atomic E-state index is -0.221. The van der Waals surface area contributed by atoms with Gasteiger partial charge in [0.1, 0.15) is 6.29 Å². The molecule has 0 radical (unpaired) electrons. The SMILES string of the molecule is Cc1ccc2c(c1)C(=O)[C@H](CC=O)C2(C)C. The van der Waals surface area contributed by atoms with E-state index < -0.39 is 0 Å². The minimum absolute atomic E-state index is 0.121. The van der Waals surface area contributed by atoms with Crippen LogP contribution >= 0.6 is 0 Å². The molecule has 1 aromatic rings. The van der Waals surface area contributed by atoms with Crippen molar-refractivity contribution in [3.63, 3.8) is 0 Å². The molecule has 2 heteroatoms. The topological polar surface area (TPSA) is 34.1 Å². The Hall–Kier alpha value is -1.44. The summed E-state index contributed by atoms with van der Waals surface area (Å²) < 4.78 is 0. The van der Waals surface area contributed by atoms with Crippen LogP contribution in [0, 0.1) is 12.8 Å². The van der Waals surface area contributed by atoms with E-state index >= 15 is 0 Å². The smallest absolute Gasteiger partial charge is 0.167 e. The van der Waals surface area contributed by atoms with Crippen LogP contribution in [0.1, 0.15) is 41.8 Å². The highest BCUT2D eigenvalue weighted by Crippen LogP contribution is 2.44. The molecule has 0 aliphatic heterocycles. The monoisotopic (exact) mass is 216 g/mol.